The SMILES string of the molecule is CNc1nn(C)c(=O)n1C(C)C. The Morgan fingerprint density at radius 1 is 1.50 bits per heavy atom. The van der Waals surface area contributed by atoms with Crippen molar-refractivity contribution in [3.63, 3.8) is 0 Å². The molecule has 0 atom stereocenters. The number of aryl methyl sites for hydroxylation is 1. The fourth-order valence-electron chi connectivity index (χ4n) is 1.12. The van der Waals surface area contributed by atoms with Gasteiger partial charge in [0.15, 0.2) is 0 Å². The van der Waals surface area contributed by atoms with Crippen molar-refractivity contribution in [1.29, 1.82) is 0 Å². The van der Waals surface area contributed by atoms with Gasteiger partial charge in [-0.05, 0) is 13.8 Å². The fraction of sp³-hybridized carbons (Fsp3) is 0.714. The molecule has 1 heterocycles. The maximum absolute atomic E-state index is 11.4. The summed E-state index contributed by atoms with van der Waals surface area (Å²) in [6.07, 6.45) is 0. The first-order valence-electron chi connectivity index (χ1n) is 3.91. The third-order valence-electron chi connectivity index (χ3n) is 1.70. The van der Waals surface area contributed by atoms with Gasteiger partial charge in [0.25, 0.3) is 0 Å². The molecule has 0 bridgehead atoms. The Bertz CT molecular complexity index is 323. The molecule has 0 fully saturated rings. The lowest BCUT2D eigenvalue weighted by Gasteiger charge is -2.06. The first-order valence-corrected chi connectivity index (χ1v) is 3.91. The van der Waals surface area contributed by atoms with Crippen LogP contribution in [0, 0.1) is 0 Å². The molecule has 0 spiro atoms. The van der Waals surface area contributed by atoms with E-state index in [1.807, 2.05) is 13.8 Å². The van der Waals surface area contributed by atoms with Crippen LogP contribution in [0.3, 0.4) is 0 Å². The zero-order chi connectivity index (χ0) is 9.30. The van der Waals surface area contributed by atoms with Crippen LogP contribution < -0.4 is 11.0 Å². The molecule has 1 aromatic heterocycles. The Labute approximate surface area is 71.0 Å². The summed E-state index contributed by atoms with van der Waals surface area (Å²) < 4.78 is 2.94. The van der Waals surface area contributed by atoms with Gasteiger partial charge in [0.1, 0.15) is 0 Å². The number of anilines is 1. The summed E-state index contributed by atoms with van der Waals surface area (Å²) in [5.74, 6) is 0.609. The molecular formula is C7H14N4O. The van der Waals surface area contributed by atoms with Gasteiger partial charge < -0.3 is 5.32 Å². The van der Waals surface area contributed by atoms with E-state index in [0.717, 1.165) is 0 Å². The number of hydrogen-bond acceptors (Lipinski definition) is 3. The predicted octanol–water partition coefficient (Wildman–Crippen LogP) is 0.204. The van der Waals surface area contributed by atoms with Crippen molar-refractivity contribution in [3.05, 3.63) is 10.5 Å². The van der Waals surface area contributed by atoms with E-state index in [2.05, 4.69) is 10.4 Å². The van der Waals surface area contributed by atoms with E-state index in [0.29, 0.717) is 5.95 Å². The molecule has 1 aromatic rings. The highest BCUT2D eigenvalue weighted by molar-refractivity contribution is 5.22. The molecule has 5 nitrogen and oxygen atoms in total. The molecule has 0 unspecified atom stereocenters. The van der Waals surface area contributed by atoms with Crippen LogP contribution >= 0.6 is 0 Å². The van der Waals surface area contributed by atoms with Gasteiger partial charge >= 0.3 is 5.69 Å². The van der Waals surface area contributed by atoms with E-state index in [1.54, 1.807) is 18.7 Å². The minimum atomic E-state index is -0.0886. The predicted molar refractivity (Wildman–Crippen MR) is 47.4 cm³/mol. The Kier molecular flexibility index (Phi) is 2.21. The topological polar surface area (TPSA) is 51.9 Å². The van der Waals surface area contributed by atoms with Crippen LogP contribution in [0.1, 0.15) is 19.9 Å². The van der Waals surface area contributed by atoms with Gasteiger partial charge in [-0.2, -0.15) is 0 Å². The van der Waals surface area contributed by atoms with Crippen LogP contribution in [0.4, 0.5) is 5.95 Å². The van der Waals surface area contributed by atoms with Crippen molar-refractivity contribution in [1.82, 2.24) is 14.3 Å². The maximum Gasteiger partial charge on any atom is 0.347 e. The van der Waals surface area contributed by atoms with Gasteiger partial charge in [0, 0.05) is 20.1 Å². The van der Waals surface area contributed by atoms with Crippen molar-refractivity contribution in [2.45, 2.75) is 19.9 Å². The standard InChI is InChI=1S/C7H14N4O/c1-5(2)11-6(8-3)9-10(4)7(11)12/h5H,1-4H3,(H,8,9). The first kappa shape index (κ1) is 8.83. The van der Waals surface area contributed by atoms with Crippen molar-refractivity contribution < 1.29 is 0 Å². The molecule has 0 aliphatic heterocycles. The summed E-state index contributed by atoms with van der Waals surface area (Å²) in [6, 6.07) is 0.133. The highest BCUT2D eigenvalue weighted by atomic mass is 16.2. The molecule has 0 aromatic carbocycles. The normalized spacial score (nSPS) is 10.8. The number of aromatic nitrogens is 3. The molecule has 0 saturated carbocycles. The Hall–Kier alpha value is -1.26. The molecule has 1 rings (SSSR count). The smallest absolute Gasteiger partial charge is 0.347 e. The van der Waals surface area contributed by atoms with Crippen LogP contribution in [0.15, 0.2) is 4.79 Å². The monoisotopic (exact) mass is 170 g/mol. The molecular weight excluding hydrogens is 156 g/mol. The average Bonchev–Trinajstić information content (AvgIpc) is 2.28. The van der Waals surface area contributed by atoms with E-state index in [-0.39, 0.29) is 11.7 Å². The van der Waals surface area contributed by atoms with E-state index in [9.17, 15) is 4.79 Å². The van der Waals surface area contributed by atoms with Gasteiger partial charge in [-0.1, -0.05) is 0 Å². The maximum atomic E-state index is 11.4. The highest BCUT2D eigenvalue weighted by Crippen LogP contribution is 2.06. The summed E-state index contributed by atoms with van der Waals surface area (Å²) in [5, 5.41) is 6.88. The van der Waals surface area contributed by atoms with Crippen molar-refractivity contribution in [2.24, 2.45) is 7.05 Å². The summed E-state index contributed by atoms with van der Waals surface area (Å²) in [5.41, 5.74) is -0.0886. The third-order valence-corrected chi connectivity index (χ3v) is 1.70. The van der Waals surface area contributed by atoms with Crippen molar-refractivity contribution in [3.8, 4) is 0 Å². The molecule has 12 heavy (non-hydrogen) atoms. The quantitative estimate of drug-likeness (QED) is 0.690. The van der Waals surface area contributed by atoms with Crippen molar-refractivity contribution in [2.75, 3.05) is 12.4 Å². The zero-order valence-corrected chi connectivity index (χ0v) is 7.83. The summed E-state index contributed by atoms with van der Waals surface area (Å²) in [7, 11) is 3.39. The number of nitrogens with one attached hydrogen (secondary N) is 1. The minimum Gasteiger partial charge on any atom is -0.357 e. The fourth-order valence-corrected chi connectivity index (χ4v) is 1.12. The molecule has 68 valence electrons. The second-order valence-electron chi connectivity index (χ2n) is 2.94. The van der Waals surface area contributed by atoms with Crippen molar-refractivity contribution >= 4 is 5.95 Å². The summed E-state index contributed by atoms with van der Waals surface area (Å²) >= 11 is 0. The van der Waals surface area contributed by atoms with Crippen LogP contribution in [0.25, 0.3) is 0 Å². The minimum absolute atomic E-state index is 0.0886. The second kappa shape index (κ2) is 3.00. The second-order valence-corrected chi connectivity index (χ2v) is 2.94. The van der Waals surface area contributed by atoms with Gasteiger partial charge in [-0.25, -0.2) is 9.48 Å². The molecule has 5 heteroatoms. The number of nitrogens with zero attached hydrogens (tertiary/aromatic N) is 3. The highest BCUT2D eigenvalue weighted by Gasteiger charge is 2.11. The van der Waals surface area contributed by atoms with E-state index in [1.165, 1.54) is 4.68 Å². The van der Waals surface area contributed by atoms with Gasteiger partial charge in [-0.3, -0.25) is 4.57 Å². The zero-order valence-electron chi connectivity index (χ0n) is 7.83. The Balaban J connectivity index is 3.31. The number of rotatable bonds is 2. The van der Waals surface area contributed by atoms with Gasteiger partial charge in [0.2, 0.25) is 5.95 Å². The lowest BCUT2D eigenvalue weighted by atomic mass is 10.4. The third kappa shape index (κ3) is 1.22. The molecule has 0 aliphatic carbocycles. The largest absolute Gasteiger partial charge is 0.357 e. The van der Waals surface area contributed by atoms with E-state index >= 15 is 0 Å². The lowest BCUT2D eigenvalue weighted by molar-refractivity contribution is 0.571. The summed E-state index contributed by atoms with van der Waals surface area (Å²) in [4.78, 5) is 11.4. The van der Waals surface area contributed by atoms with Crippen LogP contribution in [-0.2, 0) is 7.05 Å². The van der Waals surface area contributed by atoms with Crippen LogP contribution in [0.2, 0.25) is 0 Å². The lowest BCUT2D eigenvalue weighted by Crippen LogP contribution is -2.24. The van der Waals surface area contributed by atoms with E-state index < -0.39 is 0 Å². The van der Waals surface area contributed by atoms with Gasteiger partial charge in [-0.15, -0.1) is 5.10 Å². The van der Waals surface area contributed by atoms with Crippen LogP contribution in [0.5, 0.6) is 0 Å². The average molecular weight is 170 g/mol. The van der Waals surface area contributed by atoms with Gasteiger partial charge in [0.05, 0.1) is 0 Å². The Morgan fingerprint density at radius 2 is 2.08 bits per heavy atom. The molecule has 0 aliphatic rings. The van der Waals surface area contributed by atoms with Crippen LogP contribution in [-0.4, -0.2) is 21.4 Å². The molecule has 1 N–H and O–H groups in total. The molecule has 0 saturated heterocycles. The number of hydrogen-bond donors (Lipinski definition) is 1. The molecule has 0 radical (unpaired) electrons. The van der Waals surface area contributed by atoms with E-state index in [4.69, 9.17) is 0 Å². The first-order chi connectivity index (χ1) is 5.57. The Morgan fingerprint density at radius 3 is 2.42 bits per heavy atom. The summed E-state index contributed by atoms with van der Waals surface area (Å²) in [6.45, 7) is 3.90. The molecule has 0 amide bonds.